The van der Waals surface area contributed by atoms with E-state index in [0.717, 1.165) is 20.9 Å². The third-order valence-electron chi connectivity index (χ3n) is 3.12. The second-order valence-corrected chi connectivity index (χ2v) is 7.00. The Kier molecular flexibility index (Phi) is 5.98. The SMILES string of the molecule is Cc1cc(N)c(C(=O)c2ccc(F)c(NSI)c2C=N)nc1Br. The molecule has 0 saturated heterocycles. The van der Waals surface area contributed by atoms with Crippen LogP contribution < -0.4 is 10.5 Å². The zero-order chi connectivity index (χ0) is 17.1. The van der Waals surface area contributed by atoms with Crippen LogP contribution in [0.5, 0.6) is 0 Å². The highest BCUT2D eigenvalue weighted by atomic mass is 127. The largest absolute Gasteiger partial charge is 0.397 e. The van der Waals surface area contributed by atoms with Crippen LogP contribution in [0.25, 0.3) is 0 Å². The molecule has 0 amide bonds. The van der Waals surface area contributed by atoms with E-state index in [1.54, 1.807) is 6.07 Å². The molecule has 1 aromatic carbocycles. The number of nitrogens with one attached hydrogen (secondary N) is 2. The number of pyridine rings is 1. The topological polar surface area (TPSA) is 91.9 Å². The summed E-state index contributed by atoms with van der Waals surface area (Å²) in [5.41, 5.74) is 7.37. The van der Waals surface area contributed by atoms with Crippen LogP contribution in [0.4, 0.5) is 15.8 Å². The third-order valence-corrected chi connectivity index (χ3v) is 4.86. The highest BCUT2D eigenvalue weighted by Gasteiger charge is 2.22. The second kappa shape index (κ2) is 7.58. The Labute approximate surface area is 157 Å². The molecular weight excluding hydrogens is 498 g/mol. The Morgan fingerprint density at radius 3 is 2.87 bits per heavy atom. The van der Waals surface area contributed by atoms with Crippen molar-refractivity contribution in [3.63, 3.8) is 0 Å². The molecule has 0 spiro atoms. The maximum absolute atomic E-state index is 13.9. The van der Waals surface area contributed by atoms with Crippen molar-refractivity contribution < 1.29 is 9.18 Å². The van der Waals surface area contributed by atoms with Crippen LogP contribution in [0, 0.1) is 18.2 Å². The van der Waals surface area contributed by atoms with Crippen molar-refractivity contribution in [2.75, 3.05) is 10.5 Å². The fourth-order valence-electron chi connectivity index (χ4n) is 2.00. The quantitative estimate of drug-likeness (QED) is 0.182. The van der Waals surface area contributed by atoms with Gasteiger partial charge in [-0.2, -0.15) is 0 Å². The van der Waals surface area contributed by atoms with Gasteiger partial charge >= 0.3 is 0 Å². The summed E-state index contributed by atoms with van der Waals surface area (Å²) in [6, 6.07) is 4.14. The molecule has 0 radical (unpaired) electrons. The summed E-state index contributed by atoms with van der Waals surface area (Å²) >= 11 is 5.20. The van der Waals surface area contributed by atoms with Gasteiger partial charge < -0.3 is 15.9 Å². The summed E-state index contributed by atoms with van der Waals surface area (Å²) in [6.45, 7) is 1.81. The standard InChI is InChI=1S/C14H11BrFIN4OS/c1-6-4-10(19)12(20-14(6)15)13(22)7-2-3-9(16)11(21-23-17)8(7)5-18/h2-5,18,21H,19H2,1H3. The number of hydrogen-bond acceptors (Lipinski definition) is 6. The lowest BCUT2D eigenvalue weighted by Gasteiger charge is -2.13. The molecule has 120 valence electrons. The van der Waals surface area contributed by atoms with E-state index >= 15 is 0 Å². The number of aryl methyl sites for hydroxylation is 1. The molecule has 0 aliphatic heterocycles. The van der Waals surface area contributed by atoms with Gasteiger partial charge in [-0.1, -0.05) is 0 Å². The second-order valence-electron chi connectivity index (χ2n) is 4.57. The number of nitrogen functional groups attached to an aromatic ring is 1. The average Bonchev–Trinajstić information content (AvgIpc) is 2.52. The summed E-state index contributed by atoms with van der Waals surface area (Å²) in [5, 5.41) is 7.53. The van der Waals surface area contributed by atoms with Gasteiger partial charge in [0.1, 0.15) is 16.1 Å². The molecule has 2 aromatic rings. The summed E-state index contributed by atoms with van der Waals surface area (Å²) in [4.78, 5) is 16.9. The van der Waals surface area contributed by atoms with Crippen molar-refractivity contribution >= 4 is 69.6 Å². The third kappa shape index (κ3) is 3.66. The molecule has 9 heteroatoms. The van der Waals surface area contributed by atoms with Gasteiger partial charge in [-0.3, -0.25) is 4.79 Å². The number of halogens is 3. The minimum atomic E-state index is -0.546. The molecule has 0 fully saturated rings. The van der Waals surface area contributed by atoms with Gasteiger partial charge in [0.25, 0.3) is 0 Å². The molecule has 1 heterocycles. The predicted octanol–water partition coefficient (Wildman–Crippen LogP) is 4.51. The Morgan fingerprint density at radius 1 is 1.57 bits per heavy atom. The number of benzene rings is 1. The normalized spacial score (nSPS) is 10.4. The van der Waals surface area contributed by atoms with E-state index in [2.05, 4.69) is 25.6 Å². The Bertz CT molecular complexity index is 803. The summed E-state index contributed by atoms with van der Waals surface area (Å²) in [7, 11) is 1.14. The van der Waals surface area contributed by atoms with Crippen molar-refractivity contribution in [3.8, 4) is 0 Å². The Hall–Kier alpha value is -1.20. The lowest BCUT2D eigenvalue weighted by atomic mass is 9.99. The number of ketones is 1. The maximum atomic E-state index is 13.9. The smallest absolute Gasteiger partial charge is 0.214 e. The van der Waals surface area contributed by atoms with Crippen molar-refractivity contribution in [3.05, 3.63) is 51.0 Å². The van der Waals surface area contributed by atoms with Crippen LogP contribution in [0.2, 0.25) is 0 Å². The fraction of sp³-hybridized carbons (Fsp3) is 0.0714. The number of nitrogens with two attached hydrogens (primary N) is 1. The van der Waals surface area contributed by atoms with E-state index in [4.69, 9.17) is 11.1 Å². The van der Waals surface area contributed by atoms with E-state index in [9.17, 15) is 9.18 Å². The van der Waals surface area contributed by atoms with Crippen molar-refractivity contribution in [2.45, 2.75) is 6.92 Å². The zero-order valence-corrected chi connectivity index (χ0v) is 16.3. The molecule has 0 unspecified atom stereocenters. The first-order valence-electron chi connectivity index (χ1n) is 6.24. The number of nitrogens with zero attached hydrogens (tertiary/aromatic N) is 1. The number of carbonyl (C=O) groups excluding carboxylic acids is 1. The maximum Gasteiger partial charge on any atom is 0.214 e. The number of anilines is 2. The minimum absolute atomic E-state index is 0.0604. The first-order valence-corrected chi connectivity index (χ1v) is 10.4. The van der Waals surface area contributed by atoms with E-state index in [1.807, 2.05) is 28.1 Å². The first-order chi connectivity index (χ1) is 10.9. The van der Waals surface area contributed by atoms with Crippen LogP contribution in [0.1, 0.15) is 27.2 Å². The Morgan fingerprint density at radius 2 is 2.26 bits per heavy atom. The van der Waals surface area contributed by atoms with Gasteiger partial charge in [0, 0.05) is 47.7 Å². The molecule has 0 atom stereocenters. The van der Waals surface area contributed by atoms with Crippen LogP contribution >= 0.6 is 46.3 Å². The highest BCUT2D eigenvalue weighted by molar-refractivity contribution is 14.2. The zero-order valence-electron chi connectivity index (χ0n) is 11.8. The summed E-state index contributed by atoms with van der Waals surface area (Å²) < 4.78 is 17.2. The molecule has 4 N–H and O–H groups in total. The Balaban J connectivity index is 2.62. The van der Waals surface area contributed by atoms with E-state index in [1.165, 1.54) is 12.1 Å². The fourth-order valence-corrected chi connectivity index (χ4v) is 3.24. The summed E-state index contributed by atoms with van der Waals surface area (Å²) in [6.07, 6.45) is 0.935. The molecular formula is C14H11BrFIN4OS. The van der Waals surface area contributed by atoms with E-state index in [0.29, 0.717) is 4.60 Å². The predicted molar refractivity (Wildman–Crippen MR) is 104 cm³/mol. The molecule has 0 bridgehead atoms. The van der Waals surface area contributed by atoms with Gasteiger partial charge in [-0.15, -0.1) is 0 Å². The number of rotatable bonds is 5. The van der Waals surface area contributed by atoms with Crippen LogP contribution in [0.15, 0.2) is 22.8 Å². The van der Waals surface area contributed by atoms with Gasteiger partial charge in [0.2, 0.25) is 5.78 Å². The van der Waals surface area contributed by atoms with Crippen molar-refractivity contribution in [1.82, 2.24) is 4.98 Å². The molecule has 1 aromatic heterocycles. The number of carbonyl (C=O) groups is 1. The van der Waals surface area contributed by atoms with E-state index < -0.39 is 11.6 Å². The van der Waals surface area contributed by atoms with Gasteiger partial charge in [-0.05, 0) is 46.6 Å². The molecule has 2 rings (SSSR count). The van der Waals surface area contributed by atoms with Crippen molar-refractivity contribution in [2.24, 2.45) is 0 Å². The molecule has 23 heavy (non-hydrogen) atoms. The summed E-state index contributed by atoms with van der Waals surface area (Å²) in [5.74, 6) is -1.02. The van der Waals surface area contributed by atoms with Crippen LogP contribution in [-0.4, -0.2) is 17.0 Å². The highest BCUT2D eigenvalue weighted by Crippen LogP contribution is 2.29. The van der Waals surface area contributed by atoms with Crippen LogP contribution in [-0.2, 0) is 0 Å². The van der Waals surface area contributed by atoms with Gasteiger partial charge in [0.15, 0.2) is 0 Å². The lowest BCUT2D eigenvalue weighted by Crippen LogP contribution is -2.13. The average molecular weight is 509 g/mol. The molecule has 0 saturated carbocycles. The number of hydrogen-bond donors (Lipinski definition) is 3. The lowest BCUT2D eigenvalue weighted by molar-refractivity contribution is 0.103. The van der Waals surface area contributed by atoms with Crippen LogP contribution in [0.3, 0.4) is 0 Å². The minimum Gasteiger partial charge on any atom is -0.397 e. The molecule has 0 aliphatic rings. The van der Waals surface area contributed by atoms with Gasteiger partial charge in [0.05, 0.1) is 11.4 Å². The number of aromatic nitrogens is 1. The monoisotopic (exact) mass is 508 g/mol. The van der Waals surface area contributed by atoms with Gasteiger partial charge in [-0.25, -0.2) is 9.37 Å². The van der Waals surface area contributed by atoms with E-state index in [-0.39, 0.29) is 28.2 Å². The molecule has 5 nitrogen and oxygen atoms in total. The molecule has 0 aliphatic carbocycles. The van der Waals surface area contributed by atoms with Crippen molar-refractivity contribution in [1.29, 1.82) is 5.41 Å². The first kappa shape index (κ1) is 18.1.